The van der Waals surface area contributed by atoms with Crippen LogP contribution < -0.4 is 5.48 Å². The van der Waals surface area contributed by atoms with Crippen molar-refractivity contribution in [3.8, 4) is 0 Å². The molecule has 0 aliphatic heterocycles. The van der Waals surface area contributed by atoms with Gasteiger partial charge >= 0.3 is 5.97 Å². The standard InChI is InChI=1S/C14H19NO4/c1-18-13(16)10-6-4-8-11-7-3-5-9-12(11)14(17)15-19-2/h3,5,7,9H,4,6,8,10H2,1-2H3,(H,15,17). The minimum absolute atomic E-state index is 0.203. The highest BCUT2D eigenvalue weighted by molar-refractivity contribution is 5.94. The smallest absolute Gasteiger partial charge is 0.305 e. The summed E-state index contributed by atoms with van der Waals surface area (Å²) in [6, 6.07) is 7.36. The number of nitrogens with one attached hydrogen (secondary N) is 1. The topological polar surface area (TPSA) is 64.6 Å². The van der Waals surface area contributed by atoms with E-state index in [1.54, 1.807) is 6.07 Å². The maximum absolute atomic E-state index is 11.7. The summed E-state index contributed by atoms with van der Waals surface area (Å²) in [6.45, 7) is 0. The van der Waals surface area contributed by atoms with Crippen LogP contribution in [0.4, 0.5) is 0 Å². The van der Waals surface area contributed by atoms with Crippen molar-refractivity contribution in [1.29, 1.82) is 0 Å². The molecule has 1 aromatic rings. The Hall–Kier alpha value is -1.88. The van der Waals surface area contributed by atoms with Crippen molar-refractivity contribution in [3.05, 3.63) is 35.4 Å². The van der Waals surface area contributed by atoms with Crippen LogP contribution in [0.3, 0.4) is 0 Å². The summed E-state index contributed by atoms with van der Waals surface area (Å²) in [5, 5.41) is 0. The van der Waals surface area contributed by atoms with Gasteiger partial charge in [0.15, 0.2) is 0 Å². The zero-order chi connectivity index (χ0) is 14.1. The van der Waals surface area contributed by atoms with E-state index in [4.69, 9.17) is 0 Å². The summed E-state index contributed by atoms with van der Waals surface area (Å²) >= 11 is 0. The molecule has 19 heavy (non-hydrogen) atoms. The molecule has 5 heteroatoms. The van der Waals surface area contributed by atoms with Crippen molar-refractivity contribution in [3.63, 3.8) is 0 Å². The fourth-order valence-electron chi connectivity index (χ4n) is 1.79. The number of benzene rings is 1. The molecule has 1 aromatic carbocycles. The number of ether oxygens (including phenoxy) is 1. The molecule has 0 fully saturated rings. The lowest BCUT2D eigenvalue weighted by atomic mass is 10.0. The van der Waals surface area contributed by atoms with E-state index in [1.165, 1.54) is 14.2 Å². The number of hydrogen-bond donors (Lipinski definition) is 1. The van der Waals surface area contributed by atoms with Gasteiger partial charge in [0.2, 0.25) is 0 Å². The number of carbonyl (C=O) groups is 2. The monoisotopic (exact) mass is 265 g/mol. The van der Waals surface area contributed by atoms with Gasteiger partial charge in [0, 0.05) is 12.0 Å². The molecule has 0 radical (unpaired) electrons. The van der Waals surface area contributed by atoms with Crippen molar-refractivity contribution in [2.24, 2.45) is 0 Å². The van der Waals surface area contributed by atoms with E-state index in [1.807, 2.05) is 18.2 Å². The van der Waals surface area contributed by atoms with E-state index in [-0.39, 0.29) is 11.9 Å². The van der Waals surface area contributed by atoms with Gasteiger partial charge in [-0.2, -0.15) is 0 Å². The Kier molecular flexibility index (Phi) is 6.60. The van der Waals surface area contributed by atoms with Gasteiger partial charge in [-0.05, 0) is 30.9 Å². The molecule has 104 valence electrons. The molecule has 1 rings (SSSR count). The van der Waals surface area contributed by atoms with Crippen LogP contribution >= 0.6 is 0 Å². The number of amides is 1. The Labute approximate surface area is 112 Å². The number of aryl methyl sites for hydroxylation is 1. The average molecular weight is 265 g/mol. The summed E-state index contributed by atoms with van der Waals surface area (Å²) in [5.41, 5.74) is 3.85. The molecule has 0 bridgehead atoms. The molecule has 0 unspecified atom stereocenters. The molecular weight excluding hydrogens is 246 g/mol. The van der Waals surface area contributed by atoms with Crippen LogP contribution in [-0.4, -0.2) is 26.1 Å². The van der Waals surface area contributed by atoms with Gasteiger partial charge in [-0.3, -0.25) is 14.4 Å². The molecular formula is C14H19NO4. The van der Waals surface area contributed by atoms with Crippen molar-refractivity contribution < 1.29 is 19.2 Å². The molecule has 5 nitrogen and oxygen atoms in total. The number of esters is 1. The third-order valence-electron chi connectivity index (χ3n) is 2.76. The summed E-state index contributed by atoms with van der Waals surface area (Å²) in [7, 11) is 2.78. The molecule has 0 aliphatic rings. The second kappa shape index (κ2) is 8.26. The second-order valence-electron chi connectivity index (χ2n) is 4.08. The summed E-state index contributed by atoms with van der Waals surface area (Å²) in [5.74, 6) is -0.462. The van der Waals surface area contributed by atoms with Crippen molar-refractivity contribution in [2.75, 3.05) is 14.2 Å². The number of hydrogen-bond acceptors (Lipinski definition) is 4. The van der Waals surface area contributed by atoms with Gasteiger partial charge in [0.25, 0.3) is 5.91 Å². The third-order valence-corrected chi connectivity index (χ3v) is 2.76. The molecule has 1 N–H and O–H groups in total. The fraction of sp³-hybridized carbons (Fsp3) is 0.429. The summed E-state index contributed by atoms with van der Waals surface area (Å²) in [6.07, 6.45) is 2.71. The van der Waals surface area contributed by atoms with Gasteiger partial charge in [-0.1, -0.05) is 18.2 Å². The minimum Gasteiger partial charge on any atom is -0.469 e. The van der Waals surface area contributed by atoms with Crippen LogP contribution in [0, 0.1) is 0 Å². The van der Waals surface area contributed by atoms with E-state index >= 15 is 0 Å². The maximum Gasteiger partial charge on any atom is 0.305 e. The third kappa shape index (κ3) is 5.09. The van der Waals surface area contributed by atoms with Gasteiger partial charge in [0.05, 0.1) is 14.2 Å². The molecule has 0 aliphatic carbocycles. The van der Waals surface area contributed by atoms with Crippen molar-refractivity contribution in [2.45, 2.75) is 25.7 Å². The Morgan fingerprint density at radius 3 is 2.58 bits per heavy atom. The van der Waals surface area contributed by atoms with Crippen LogP contribution in [0.5, 0.6) is 0 Å². The SMILES string of the molecule is CONC(=O)c1ccccc1CCCCC(=O)OC. The van der Waals surface area contributed by atoms with Gasteiger partial charge in [-0.15, -0.1) is 0 Å². The van der Waals surface area contributed by atoms with Crippen LogP contribution in [0.25, 0.3) is 0 Å². The predicted octanol–water partition coefficient (Wildman–Crippen LogP) is 1.86. The highest BCUT2D eigenvalue weighted by Crippen LogP contribution is 2.13. The molecule has 1 amide bonds. The fourth-order valence-corrected chi connectivity index (χ4v) is 1.79. The first-order valence-corrected chi connectivity index (χ1v) is 6.17. The maximum atomic E-state index is 11.7. The Morgan fingerprint density at radius 1 is 1.16 bits per heavy atom. The van der Waals surface area contributed by atoms with Crippen molar-refractivity contribution in [1.82, 2.24) is 5.48 Å². The number of hydroxylamine groups is 1. The Morgan fingerprint density at radius 2 is 1.89 bits per heavy atom. The van der Waals surface area contributed by atoms with E-state index < -0.39 is 0 Å². The van der Waals surface area contributed by atoms with Gasteiger partial charge in [0.1, 0.15) is 0 Å². The largest absolute Gasteiger partial charge is 0.469 e. The Balaban J connectivity index is 2.53. The van der Waals surface area contributed by atoms with Crippen LogP contribution in [-0.2, 0) is 20.8 Å². The van der Waals surface area contributed by atoms with Crippen LogP contribution in [0.15, 0.2) is 24.3 Å². The zero-order valence-electron chi connectivity index (χ0n) is 11.3. The Bertz CT molecular complexity index is 431. The molecule has 0 saturated carbocycles. The van der Waals surface area contributed by atoms with Gasteiger partial charge < -0.3 is 4.74 Å². The lowest BCUT2D eigenvalue weighted by molar-refractivity contribution is -0.140. The number of carbonyl (C=O) groups excluding carboxylic acids is 2. The zero-order valence-corrected chi connectivity index (χ0v) is 11.3. The molecule has 0 spiro atoms. The highest BCUT2D eigenvalue weighted by Gasteiger charge is 2.10. The van der Waals surface area contributed by atoms with Crippen LogP contribution in [0.1, 0.15) is 35.2 Å². The lowest BCUT2D eigenvalue weighted by Gasteiger charge is -2.08. The van der Waals surface area contributed by atoms with Crippen molar-refractivity contribution >= 4 is 11.9 Å². The van der Waals surface area contributed by atoms with E-state index in [2.05, 4.69) is 15.1 Å². The molecule has 0 heterocycles. The quantitative estimate of drug-likeness (QED) is 0.464. The highest BCUT2D eigenvalue weighted by atomic mass is 16.6. The molecule has 0 atom stereocenters. The first-order chi connectivity index (χ1) is 9.19. The van der Waals surface area contributed by atoms with E-state index in [9.17, 15) is 9.59 Å². The number of unbranched alkanes of at least 4 members (excludes halogenated alkanes) is 1. The van der Waals surface area contributed by atoms with Crippen LogP contribution in [0.2, 0.25) is 0 Å². The van der Waals surface area contributed by atoms with Gasteiger partial charge in [-0.25, -0.2) is 5.48 Å². The first kappa shape index (κ1) is 15.2. The molecule has 0 saturated heterocycles. The summed E-state index contributed by atoms with van der Waals surface area (Å²) < 4.78 is 4.58. The predicted molar refractivity (Wildman–Crippen MR) is 70.5 cm³/mol. The second-order valence-corrected chi connectivity index (χ2v) is 4.08. The normalized spacial score (nSPS) is 10.0. The number of methoxy groups -OCH3 is 1. The molecule has 0 aromatic heterocycles. The average Bonchev–Trinajstić information content (AvgIpc) is 2.44. The minimum atomic E-state index is -0.258. The lowest BCUT2D eigenvalue weighted by Crippen LogP contribution is -2.23. The van der Waals surface area contributed by atoms with E-state index in [0.717, 1.165) is 24.8 Å². The van der Waals surface area contributed by atoms with E-state index in [0.29, 0.717) is 12.0 Å². The first-order valence-electron chi connectivity index (χ1n) is 6.17. The number of rotatable bonds is 7. The summed E-state index contributed by atoms with van der Waals surface area (Å²) in [4.78, 5) is 27.3.